The van der Waals surface area contributed by atoms with E-state index >= 15 is 0 Å². The van der Waals surface area contributed by atoms with E-state index in [1.807, 2.05) is 0 Å². The molecule has 0 saturated carbocycles. The van der Waals surface area contributed by atoms with Gasteiger partial charge in [-0.2, -0.15) is 0 Å². The Balaban J connectivity index is 2.16. The number of rotatable bonds is 10. The number of hydrogen-bond donors (Lipinski definition) is 1. The van der Waals surface area contributed by atoms with Crippen molar-refractivity contribution in [2.45, 2.75) is 58.5 Å². The van der Waals surface area contributed by atoms with Gasteiger partial charge in [0, 0.05) is 12.1 Å². The summed E-state index contributed by atoms with van der Waals surface area (Å²) >= 11 is 0. The molecule has 1 unspecified atom stereocenters. The highest BCUT2D eigenvalue weighted by Gasteiger charge is 2.06. The lowest BCUT2D eigenvalue weighted by atomic mass is 10.0. The van der Waals surface area contributed by atoms with Gasteiger partial charge in [0.2, 0.25) is 0 Å². The van der Waals surface area contributed by atoms with Crippen molar-refractivity contribution in [1.82, 2.24) is 10.2 Å². The van der Waals surface area contributed by atoms with Gasteiger partial charge in [-0.1, -0.05) is 37.3 Å². The van der Waals surface area contributed by atoms with Crippen LogP contribution in [0.25, 0.3) is 0 Å². The van der Waals surface area contributed by atoms with E-state index in [4.69, 9.17) is 0 Å². The quantitative estimate of drug-likeness (QED) is 0.655. The van der Waals surface area contributed by atoms with E-state index in [1.54, 1.807) is 0 Å². The zero-order valence-electron chi connectivity index (χ0n) is 13.7. The average molecular weight is 276 g/mol. The predicted octanol–water partition coefficient (Wildman–Crippen LogP) is 3.72. The monoisotopic (exact) mass is 276 g/mol. The van der Waals surface area contributed by atoms with Crippen LogP contribution in [0.2, 0.25) is 0 Å². The minimum atomic E-state index is 0.611. The lowest BCUT2D eigenvalue weighted by molar-refractivity contribution is 0.267. The third-order valence-corrected chi connectivity index (χ3v) is 4.07. The molecule has 0 heterocycles. The van der Waals surface area contributed by atoms with Crippen LogP contribution < -0.4 is 5.32 Å². The van der Waals surface area contributed by atoms with E-state index in [2.05, 4.69) is 68.4 Å². The van der Waals surface area contributed by atoms with Crippen molar-refractivity contribution in [3.8, 4) is 0 Å². The largest absolute Gasteiger partial charge is 0.314 e. The molecule has 1 aromatic carbocycles. The Bertz CT molecular complexity index is 335. The van der Waals surface area contributed by atoms with Crippen molar-refractivity contribution < 1.29 is 0 Å². The molecule has 0 aromatic heterocycles. The summed E-state index contributed by atoms with van der Waals surface area (Å²) in [5.74, 6) is 0. The fraction of sp³-hybridized carbons (Fsp3) is 0.667. The fourth-order valence-electron chi connectivity index (χ4n) is 2.31. The fourth-order valence-corrected chi connectivity index (χ4v) is 2.31. The summed E-state index contributed by atoms with van der Waals surface area (Å²) < 4.78 is 0. The highest BCUT2D eigenvalue weighted by molar-refractivity contribution is 5.15. The van der Waals surface area contributed by atoms with Gasteiger partial charge in [-0.25, -0.2) is 0 Å². The molecule has 0 aliphatic rings. The second-order valence-corrected chi connectivity index (χ2v) is 6.03. The van der Waals surface area contributed by atoms with Crippen molar-refractivity contribution in [2.24, 2.45) is 0 Å². The molecule has 1 aromatic rings. The maximum Gasteiger partial charge on any atom is 0.0105 e. The van der Waals surface area contributed by atoms with E-state index in [1.165, 1.54) is 31.4 Å². The summed E-state index contributed by atoms with van der Waals surface area (Å²) in [5, 5.41) is 3.70. The van der Waals surface area contributed by atoms with Gasteiger partial charge in [0.05, 0.1) is 0 Å². The second kappa shape index (κ2) is 9.95. The molecule has 0 amide bonds. The third kappa shape index (κ3) is 7.06. The molecule has 2 nitrogen and oxygen atoms in total. The van der Waals surface area contributed by atoms with E-state index in [0.717, 1.165) is 13.0 Å². The molecular formula is C18H32N2. The smallest absolute Gasteiger partial charge is 0.0105 e. The zero-order chi connectivity index (χ0) is 14.8. The number of nitrogens with zero attached hydrogens (tertiary/aromatic N) is 1. The highest BCUT2D eigenvalue weighted by Crippen LogP contribution is 2.06. The summed E-state index contributed by atoms with van der Waals surface area (Å²) in [6.07, 6.45) is 4.88. The molecule has 2 heteroatoms. The number of hydrogen-bond acceptors (Lipinski definition) is 2. The topological polar surface area (TPSA) is 15.3 Å². The molecule has 0 spiro atoms. The van der Waals surface area contributed by atoms with Crippen LogP contribution in [0.4, 0.5) is 0 Å². The second-order valence-electron chi connectivity index (χ2n) is 6.03. The summed E-state index contributed by atoms with van der Waals surface area (Å²) in [4.78, 5) is 2.42. The number of unbranched alkanes of at least 4 members (excludes halogenated alkanes) is 1. The first-order chi connectivity index (χ1) is 9.63. The van der Waals surface area contributed by atoms with Crippen LogP contribution in [0.1, 0.15) is 45.6 Å². The Morgan fingerprint density at radius 3 is 2.40 bits per heavy atom. The van der Waals surface area contributed by atoms with Crippen molar-refractivity contribution in [2.75, 3.05) is 20.1 Å². The van der Waals surface area contributed by atoms with Crippen molar-refractivity contribution in [1.29, 1.82) is 0 Å². The van der Waals surface area contributed by atoms with Crippen LogP contribution in [0.3, 0.4) is 0 Å². The van der Waals surface area contributed by atoms with Gasteiger partial charge in [-0.05, 0) is 65.2 Å². The molecule has 0 aliphatic carbocycles. The molecule has 1 rings (SSSR count). The van der Waals surface area contributed by atoms with Gasteiger partial charge in [-0.15, -0.1) is 0 Å². The van der Waals surface area contributed by atoms with Gasteiger partial charge < -0.3 is 10.2 Å². The molecule has 0 fully saturated rings. The lowest BCUT2D eigenvalue weighted by Crippen LogP contribution is -2.32. The Morgan fingerprint density at radius 1 is 1.10 bits per heavy atom. The molecule has 0 saturated heterocycles. The molecule has 0 radical (unpaired) electrons. The van der Waals surface area contributed by atoms with Crippen LogP contribution in [0.15, 0.2) is 30.3 Å². The molecule has 0 aliphatic heterocycles. The maximum atomic E-state index is 3.70. The minimum Gasteiger partial charge on any atom is -0.314 e. The SMILES string of the molecule is CCC(Cc1ccccc1)NCCCCN(C)C(C)C. The van der Waals surface area contributed by atoms with Crippen molar-refractivity contribution in [3.05, 3.63) is 35.9 Å². The molecule has 1 atom stereocenters. The highest BCUT2D eigenvalue weighted by atomic mass is 15.1. The molecule has 114 valence electrons. The van der Waals surface area contributed by atoms with Crippen LogP contribution in [-0.2, 0) is 6.42 Å². The standard InChI is InChI=1S/C18H32N2/c1-5-18(15-17-11-7-6-8-12-17)19-13-9-10-14-20(4)16(2)3/h6-8,11-12,16,18-19H,5,9-10,13-15H2,1-4H3. The van der Waals surface area contributed by atoms with E-state index in [0.29, 0.717) is 12.1 Å². The normalized spacial score (nSPS) is 13.1. The minimum absolute atomic E-state index is 0.611. The predicted molar refractivity (Wildman–Crippen MR) is 89.2 cm³/mol. The van der Waals surface area contributed by atoms with E-state index in [-0.39, 0.29) is 0 Å². The zero-order valence-corrected chi connectivity index (χ0v) is 13.7. The van der Waals surface area contributed by atoms with Gasteiger partial charge in [-0.3, -0.25) is 0 Å². The Labute approximate surface area is 125 Å². The maximum absolute atomic E-state index is 3.70. The average Bonchev–Trinajstić information content (AvgIpc) is 2.46. The van der Waals surface area contributed by atoms with Crippen LogP contribution >= 0.6 is 0 Å². The van der Waals surface area contributed by atoms with Crippen LogP contribution in [0, 0.1) is 0 Å². The lowest BCUT2D eigenvalue weighted by Gasteiger charge is -2.21. The summed E-state index contributed by atoms with van der Waals surface area (Å²) in [6.45, 7) is 9.12. The molecular weight excluding hydrogens is 244 g/mol. The van der Waals surface area contributed by atoms with Gasteiger partial charge in [0.15, 0.2) is 0 Å². The first-order valence-electron chi connectivity index (χ1n) is 8.11. The summed E-state index contributed by atoms with van der Waals surface area (Å²) in [6, 6.07) is 12.1. The Kier molecular flexibility index (Phi) is 8.56. The Hall–Kier alpha value is -0.860. The van der Waals surface area contributed by atoms with Crippen molar-refractivity contribution in [3.63, 3.8) is 0 Å². The molecule has 20 heavy (non-hydrogen) atoms. The molecule has 0 bridgehead atoms. The van der Waals surface area contributed by atoms with E-state index < -0.39 is 0 Å². The first kappa shape index (κ1) is 17.2. The van der Waals surface area contributed by atoms with Crippen LogP contribution in [-0.4, -0.2) is 37.1 Å². The summed E-state index contributed by atoms with van der Waals surface area (Å²) in [5.41, 5.74) is 1.44. The van der Waals surface area contributed by atoms with Gasteiger partial charge in [0.1, 0.15) is 0 Å². The van der Waals surface area contributed by atoms with E-state index in [9.17, 15) is 0 Å². The van der Waals surface area contributed by atoms with Crippen molar-refractivity contribution >= 4 is 0 Å². The molecule has 1 N–H and O–H groups in total. The Morgan fingerprint density at radius 2 is 1.80 bits per heavy atom. The van der Waals surface area contributed by atoms with Gasteiger partial charge >= 0.3 is 0 Å². The number of benzene rings is 1. The number of nitrogens with one attached hydrogen (secondary N) is 1. The first-order valence-corrected chi connectivity index (χ1v) is 8.11. The summed E-state index contributed by atoms with van der Waals surface area (Å²) in [7, 11) is 2.21. The third-order valence-electron chi connectivity index (χ3n) is 4.07. The van der Waals surface area contributed by atoms with Gasteiger partial charge in [0.25, 0.3) is 0 Å². The van der Waals surface area contributed by atoms with Crippen LogP contribution in [0.5, 0.6) is 0 Å².